The largest absolute Gasteiger partial charge is 0.318 e. The second kappa shape index (κ2) is 3.23. The van der Waals surface area contributed by atoms with Gasteiger partial charge in [0.1, 0.15) is 0 Å². The van der Waals surface area contributed by atoms with Gasteiger partial charge in [-0.2, -0.15) is 0 Å². The van der Waals surface area contributed by atoms with E-state index in [4.69, 9.17) is 5.73 Å². The van der Waals surface area contributed by atoms with Crippen molar-refractivity contribution in [3.63, 3.8) is 0 Å². The first-order chi connectivity index (χ1) is 6.29. The van der Waals surface area contributed by atoms with Crippen molar-refractivity contribution in [2.45, 2.75) is 6.04 Å². The van der Waals surface area contributed by atoms with Gasteiger partial charge in [0, 0.05) is 18.1 Å². The monoisotopic (exact) mass is 195 g/mol. The number of hydrogen-bond donors (Lipinski definition) is 1. The molecule has 2 rings (SSSR count). The summed E-state index contributed by atoms with van der Waals surface area (Å²) in [6.45, 7) is 0. The molecule has 2 aromatic heterocycles. The Hall–Kier alpha value is -1.27. The number of nitrogens with two attached hydrogens (primary N) is 1. The zero-order chi connectivity index (χ0) is 9.26. The average molecular weight is 195 g/mol. The fourth-order valence-electron chi connectivity index (χ4n) is 1.10. The zero-order valence-corrected chi connectivity index (χ0v) is 7.90. The summed E-state index contributed by atoms with van der Waals surface area (Å²) in [5.41, 5.74) is 8.63. The van der Waals surface area contributed by atoms with Crippen LogP contribution < -0.4 is 5.73 Å². The molecular formula is C7H9N5S. The second-order valence-corrected chi connectivity index (χ2v) is 3.58. The van der Waals surface area contributed by atoms with E-state index < -0.39 is 0 Å². The summed E-state index contributed by atoms with van der Waals surface area (Å²) < 4.78 is 1.67. The highest BCUT2D eigenvalue weighted by Crippen LogP contribution is 2.20. The molecule has 2 heterocycles. The summed E-state index contributed by atoms with van der Waals surface area (Å²) >= 11 is 1.53. The molecule has 0 aliphatic rings. The number of nitrogens with zero attached hydrogens (tertiary/aromatic N) is 4. The molecule has 2 N–H and O–H groups in total. The molecule has 0 amide bonds. The van der Waals surface area contributed by atoms with Crippen LogP contribution in [0.2, 0.25) is 0 Å². The molecule has 1 atom stereocenters. The molecular weight excluding hydrogens is 186 g/mol. The van der Waals surface area contributed by atoms with Crippen LogP contribution in [-0.4, -0.2) is 20.0 Å². The summed E-state index contributed by atoms with van der Waals surface area (Å²) in [5, 5.41) is 7.59. The van der Waals surface area contributed by atoms with Crippen LogP contribution in [0.15, 0.2) is 17.9 Å². The van der Waals surface area contributed by atoms with E-state index in [1.54, 1.807) is 22.6 Å². The summed E-state index contributed by atoms with van der Waals surface area (Å²) in [5.74, 6) is 0. The molecule has 13 heavy (non-hydrogen) atoms. The zero-order valence-electron chi connectivity index (χ0n) is 7.08. The quantitative estimate of drug-likeness (QED) is 0.749. The van der Waals surface area contributed by atoms with Crippen molar-refractivity contribution >= 4 is 11.3 Å². The van der Waals surface area contributed by atoms with Crippen LogP contribution >= 0.6 is 11.3 Å². The molecule has 0 fully saturated rings. The second-order valence-electron chi connectivity index (χ2n) is 2.66. The Kier molecular flexibility index (Phi) is 2.07. The average Bonchev–Trinajstić information content (AvgIpc) is 2.72. The molecule has 0 aromatic carbocycles. The fourth-order valence-corrected chi connectivity index (χ4v) is 1.74. The topological polar surface area (TPSA) is 69.6 Å². The molecule has 0 aliphatic carbocycles. The van der Waals surface area contributed by atoms with Crippen LogP contribution in [0.4, 0.5) is 0 Å². The van der Waals surface area contributed by atoms with Gasteiger partial charge in [0.05, 0.1) is 23.4 Å². The van der Waals surface area contributed by atoms with Gasteiger partial charge in [0.25, 0.3) is 0 Å². The van der Waals surface area contributed by atoms with E-state index in [1.807, 2.05) is 7.05 Å². The van der Waals surface area contributed by atoms with Crippen LogP contribution in [0.3, 0.4) is 0 Å². The Labute approximate surface area is 79.2 Å². The standard InChI is InChI=1S/C7H9N5S/c1-12-5(2-10-11-12)7(8)6-3-9-4-13-6/h2-4,7H,8H2,1H3. The first-order valence-electron chi connectivity index (χ1n) is 3.77. The third-order valence-electron chi connectivity index (χ3n) is 1.83. The first-order valence-corrected chi connectivity index (χ1v) is 4.65. The lowest BCUT2D eigenvalue weighted by Gasteiger charge is -2.07. The van der Waals surface area contributed by atoms with E-state index >= 15 is 0 Å². The maximum atomic E-state index is 5.98. The van der Waals surface area contributed by atoms with Crippen LogP contribution in [0, 0.1) is 0 Å². The summed E-state index contributed by atoms with van der Waals surface area (Å²) in [6, 6.07) is -0.174. The maximum absolute atomic E-state index is 5.98. The van der Waals surface area contributed by atoms with Crippen LogP contribution in [-0.2, 0) is 7.05 Å². The molecule has 0 bridgehead atoms. The van der Waals surface area contributed by atoms with Crippen molar-refractivity contribution in [1.29, 1.82) is 0 Å². The van der Waals surface area contributed by atoms with Crippen molar-refractivity contribution in [1.82, 2.24) is 20.0 Å². The highest BCUT2D eigenvalue weighted by molar-refractivity contribution is 7.09. The molecule has 5 nitrogen and oxygen atoms in total. The normalized spacial score (nSPS) is 13.1. The Bertz CT molecular complexity index is 379. The van der Waals surface area contributed by atoms with Crippen LogP contribution in [0.25, 0.3) is 0 Å². The minimum atomic E-state index is -0.174. The van der Waals surface area contributed by atoms with E-state index in [-0.39, 0.29) is 6.04 Å². The SMILES string of the molecule is Cn1nncc1C(N)c1cncs1. The molecule has 0 saturated carbocycles. The van der Waals surface area contributed by atoms with Crippen LogP contribution in [0.5, 0.6) is 0 Å². The molecule has 68 valence electrons. The van der Waals surface area contributed by atoms with Crippen molar-refractivity contribution in [3.05, 3.63) is 28.5 Å². The Balaban J connectivity index is 2.33. The first kappa shape index (κ1) is 8.33. The van der Waals surface area contributed by atoms with E-state index in [2.05, 4.69) is 15.3 Å². The van der Waals surface area contributed by atoms with Gasteiger partial charge in [0.2, 0.25) is 0 Å². The predicted molar refractivity (Wildman–Crippen MR) is 49.1 cm³/mol. The van der Waals surface area contributed by atoms with E-state index in [9.17, 15) is 0 Å². The molecule has 0 radical (unpaired) electrons. The van der Waals surface area contributed by atoms with Crippen molar-refractivity contribution in [2.75, 3.05) is 0 Å². The van der Waals surface area contributed by atoms with E-state index in [1.165, 1.54) is 11.3 Å². The molecule has 6 heteroatoms. The highest BCUT2D eigenvalue weighted by Gasteiger charge is 2.14. The van der Waals surface area contributed by atoms with Gasteiger partial charge in [-0.1, -0.05) is 5.21 Å². The van der Waals surface area contributed by atoms with Gasteiger partial charge in [-0.3, -0.25) is 9.67 Å². The molecule has 0 aliphatic heterocycles. The number of thiazole rings is 1. The molecule has 2 aromatic rings. The third-order valence-corrected chi connectivity index (χ3v) is 2.68. The molecule has 1 unspecified atom stereocenters. The van der Waals surface area contributed by atoms with Gasteiger partial charge in [-0.05, 0) is 0 Å². The minimum absolute atomic E-state index is 0.174. The van der Waals surface area contributed by atoms with Crippen molar-refractivity contribution in [3.8, 4) is 0 Å². The van der Waals surface area contributed by atoms with Gasteiger partial charge in [0.15, 0.2) is 0 Å². The summed E-state index contributed by atoms with van der Waals surface area (Å²) in [7, 11) is 1.82. The van der Waals surface area contributed by atoms with Crippen LogP contribution in [0.1, 0.15) is 16.6 Å². The lowest BCUT2D eigenvalue weighted by Crippen LogP contribution is -2.14. The third kappa shape index (κ3) is 1.45. The Morgan fingerprint density at radius 2 is 2.38 bits per heavy atom. The van der Waals surface area contributed by atoms with Gasteiger partial charge >= 0.3 is 0 Å². The summed E-state index contributed by atoms with van der Waals surface area (Å²) in [6.07, 6.45) is 3.44. The predicted octanol–water partition coefficient (Wildman–Crippen LogP) is 0.320. The Morgan fingerprint density at radius 3 is 2.92 bits per heavy atom. The lowest BCUT2D eigenvalue weighted by molar-refractivity contribution is 0.654. The molecule has 0 spiro atoms. The van der Waals surface area contributed by atoms with E-state index in [0.29, 0.717) is 0 Å². The van der Waals surface area contributed by atoms with Gasteiger partial charge in [-0.25, -0.2) is 0 Å². The smallest absolute Gasteiger partial charge is 0.0849 e. The lowest BCUT2D eigenvalue weighted by atomic mass is 10.2. The maximum Gasteiger partial charge on any atom is 0.0849 e. The van der Waals surface area contributed by atoms with Crippen molar-refractivity contribution < 1.29 is 0 Å². The Morgan fingerprint density at radius 1 is 1.54 bits per heavy atom. The minimum Gasteiger partial charge on any atom is -0.318 e. The van der Waals surface area contributed by atoms with Gasteiger partial charge < -0.3 is 5.73 Å². The summed E-state index contributed by atoms with van der Waals surface area (Å²) in [4.78, 5) is 4.99. The number of hydrogen-bond acceptors (Lipinski definition) is 5. The number of aryl methyl sites for hydroxylation is 1. The van der Waals surface area contributed by atoms with E-state index in [0.717, 1.165) is 10.6 Å². The molecule has 0 saturated heterocycles. The fraction of sp³-hybridized carbons (Fsp3) is 0.286. The number of aromatic nitrogens is 4. The highest BCUT2D eigenvalue weighted by atomic mass is 32.1. The van der Waals surface area contributed by atoms with Crippen molar-refractivity contribution in [2.24, 2.45) is 12.8 Å². The number of rotatable bonds is 2. The van der Waals surface area contributed by atoms with Gasteiger partial charge in [-0.15, -0.1) is 16.4 Å².